The SMILES string of the molecule is CNC(Cc1cccc(Cl)c1Cl)c1ccc(F)cc1F. The molecule has 5 heteroatoms. The van der Waals surface area contributed by atoms with Crippen molar-refractivity contribution >= 4 is 23.2 Å². The highest BCUT2D eigenvalue weighted by Gasteiger charge is 2.17. The maximum Gasteiger partial charge on any atom is 0.130 e. The molecule has 0 aromatic heterocycles. The van der Waals surface area contributed by atoms with Crippen LogP contribution in [0.25, 0.3) is 0 Å². The molecule has 2 aromatic rings. The van der Waals surface area contributed by atoms with E-state index in [-0.39, 0.29) is 6.04 Å². The molecule has 0 fully saturated rings. The molecule has 1 N–H and O–H groups in total. The molecule has 0 aliphatic heterocycles. The summed E-state index contributed by atoms with van der Waals surface area (Å²) < 4.78 is 26.8. The molecule has 0 bridgehead atoms. The van der Waals surface area contributed by atoms with Gasteiger partial charge >= 0.3 is 0 Å². The standard InChI is InChI=1S/C15H13Cl2F2N/c1-20-14(11-6-5-10(18)8-13(11)19)7-9-3-2-4-12(16)15(9)17/h2-6,8,14,20H,7H2,1H3. The van der Waals surface area contributed by atoms with Crippen molar-refractivity contribution in [2.75, 3.05) is 7.05 Å². The molecule has 106 valence electrons. The number of hydrogen-bond acceptors (Lipinski definition) is 1. The lowest BCUT2D eigenvalue weighted by molar-refractivity contribution is 0.521. The minimum absolute atomic E-state index is 0.313. The molecular weight excluding hydrogens is 303 g/mol. The van der Waals surface area contributed by atoms with Gasteiger partial charge < -0.3 is 5.32 Å². The average molecular weight is 316 g/mol. The summed E-state index contributed by atoms with van der Waals surface area (Å²) in [5.74, 6) is -1.18. The monoisotopic (exact) mass is 315 g/mol. The van der Waals surface area contributed by atoms with Gasteiger partial charge in [-0.25, -0.2) is 8.78 Å². The molecule has 0 saturated heterocycles. The Balaban J connectivity index is 2.31. The predicted octanol–water partition coefficient (Wildman–Crippen LogP) is 4.77. The van der Waals surface area contributed by atoms with Crippen LogP contribution in [0.15, 0.2) is 36.4 Å². The topological polar surface area (TPSA) is 12.0 Å². The summed E-state index contributed by atoms with van der Waals surface area (Å²) in [6, 6.07) is 8.55. The van der Waals surface area contributed by atoms with Crippen LogP contribution in [0.2, 0.25) is 10.0 Å². The highest BCUT2D eigenvalue weighted by molar-refractivity contribution is 6.42. The molecule has 0 aliphatic rings. The van der Waals surface area contributed by atoms with Crippen LogP contribution in [0, 0.1) is 11.6 Å². The Hall–Kier alpha value is -1.16. The van der Waals surface area contributed by atoms with Crippen LogP contribution >= 0.6 is 23.2 Å². The Kier molecular flexibility index (Phi) is 4.97. The van der Waals surface area contributed by atoms with Crippen LogP contribution in [-0.2, 0) is 6.42 Å². The van der Waals surface area contributed by atoms with Gasteiger partial charge in [-0.15, -0.1) is 0 Å². The summed E-state index contributed by atoms with van der Waals surface area (Å²) in [7, 11) is 1.71. The fraction of sp³-hybridized carbons (Fsp3) is 0.200. The first kappa shape index (κ1) is 15.2. The molecule has 0 radical (unpaired) electrons. The van der Waals surface area contributed by atoms with Crippen molar-refractivity contribution in [3.05, 3.63) is 69.2 Å². The van der Waals surface area contributed by atoms with Crippen LogP contribution in [0.1, 0.15) is 17.2 Å². The number of rotatable bonds is 4. The summed E-state index contributed by atoms with van der Waals surface area (Å²) in [5.41, 5.74) is 1.20. The molecule has 0 heterocycles. The summed E-state index contributed by atoms with van der Waals surface area (Å²) >= 11 is 12.1. The number of halogens is 4. The van der Waals surface area contributed by atoms with Crippen molar-refractivity contribution in [2.24, 2.45) is 0 Å². The lowest BCUT2D eigenvalue weighted by Crippen LogP contribution is -2.20. The lowest BCUT2D eigenvalue weighted by atomic mass is 9.98. The van der Waals surface area contributed by atoms with E-state index in [0.717, 1.165) is 11.6 Å². The minimum atomic E-state index is -0.595. The summed E-state index contributed by atoms with van der Waals surface area (Å²) in [4.78, 5) is 0. The van der Waals surface area contributed by atoms with E-state index in [9.17, 15) is 8.78 Å². The second kappa shape index (κ2) is 6.53. The Morgan fingerprint density at radius 3 is 2.55 bits per heavy atom. The molecule has 0 amide bonds. The van der Waals surface area contributed by atoms with Crippen molar-refractivity contribution in [1.82, 2.24) is 5.32 Å². The molecule has 20 heavy (non-hydrogen) atoms. The number of hydrogen-bond donors (Lipinski definition) is 1. The summed E-state index contributed by atoms with van der Waals surface area (Å²) in [6.07, 6.45) is 0.457. The van der Waals surface area contributed by atoms with E-state index in [4.69, 9.17) is 23.2 Å². The predicted molar refractivity (Wildman–Crippen MR) is 78.3 cm³/mol. The smallest absolute Gasteiger partial charge is 0.130 e. The van der Waals surface area contributed by atoms with E-state index in [1.54, 1.807) is 19.2 Å². The second-order valence-corrected chi connectivity index (χ2v) is 5.21. The zero-order chi connectivity index (χ0) is 14.7. The van der Waals surface area contributed by atoms with Gasteiger partial charge in [0.1, 0.15) is 11.6 Å². The number of benzene rings is 2. The number of likely N-dealkylation sites (N-methyl/N-ethyl adjacent to an activating group) is 1. The third kappa shape index (κ3) is 3.29. The van der Waals surface area contributed by atoms with Crippen LogP contribution in [-0.4, -0.2) is 7.05 Å². The highest BCUT2D eigenvalue weighted by atomic mass is 35.5. The summed E-state index contributed by atoms with van der Waals surface area (Å²) in [5, 5.41) is 3.92. The fourth-order valence-corrected chi connectivity index (χ4v) is 2.47. The minimum Gasteiger partial charge on any atom is -0.313 e. The third-order valence-electron chi connectivity index (χ3n) is 3.14. The Morgan fingerprint density at radius 1 is 1.15 bits per heavy atom. The normalized spacial score (nSPS) is 12.4. The van der Waals surface area contributed by atoms with Crippen molar-refractivity contribution in [2.45, 2.75) is 12.5 Å². The van der Waals surface area contributed by atoms with Crippen LogP contribution < -0.4 is 5.32 Å². The lowest BCUT2D eigenvalue weighted by Gasteiger charge is -2.18. The molecular formula is C15H13Cl2F2N. The third-order valence-corrected chi connectivity index (χ3v) is 4.00. The second-order valence-electron chi connectivity index (χ2n) is 4.42. The first-order chi connectivity index (χ1) is 9.52. The molecule has 1 nitrogen and oxygen atoms in total. The zero-order valence-electron chi connectivity index (χ0n) is 10.8. The van der Waals surface area contributed by atoms with E-state index < -0.39 is 11.6 Å². The van der Waals surface area contributed by atoms with Gasteiger partial charge in [0.05, 0.1) is 10.0 Å². The van der Waals surface area contributed by atoms with Gasteiger partial charge in [-0.3, -0.25) is 0 Å². The fourth-order valence-electron chi connectivity index (χ4n) is 2.08. The molecule has 0 saturated carbocycles. The van der Waals surface area contributed by atoms with Crippen molar-refractivity contribution < 1.29 is 8.78 Å². The Labute approximate surface area is 126 Å². The zero-order valence-corrected chi connectivity index (χ0v) is 12.3. The first-order valence-electron chi connectivity index (χ1n) is 6.08. The molecule has 0 spiro atoms. The highest BCUT2D eigenvalue weighted by Crippen LogP contribution is 2.30. The van der Waals surface area contributed by atoms with Gasteiger partial charge in [0.15, 0.2) is 0 Å². The van der Waals surface area contributed by atoms with Crippen molar-refractivity contribution in [1.29, 1.82) is 0 Å². The van der Waals surface area contributed by atoms with Crippen LogP contribution in [0.3, 0.4) is 0 Å². The number of nitrogens with one attached hydrogen (secondary N) is 1. The molecule has 1 unspecified atom stereocenters. The Morgan fingerprint density at radius 2 is 1.90 bits per heavy atom. The maximum absolute atomic E-state index is 13.8. The van der Waals surface area contributed by atoms with Gasteiger partial charge in [-0.05, 0) is 31.2 Å². The van der Waals surface area contributed by atoms with E-state index in [1.807, 2.05) is 6.07 Å². The average Bonchev–Trinajstić information content (AvgIpc) is 2.41. The molecule has 2 rings (SSSR count). The Bertz CT molecular complexity index is 617. The van der Waals surface area contributed by atoms with E-state index >= 15 is 0 Å². The summed E-state index contributed by atoms with van der Waals surface area (Å²) in [6.45, 7) is 0. The van der Waals surface area contributed by atoms with Crippen LogP contribution in [0.4, 0.5) is 8.78 Å². The molecule has 1 atom stereocenters. The van der Waals surface area contributed by atoms with Gasteiger partial charge in [-0.1, -0.05) is 41.4 Å². The van der Waals surface area contributed by atoms with E-state index in [1.165, 1.54) is 12.1 Å². The molecule has 2 aromatic carbocycles. The first-order valence-corrected chi connectivity index (χ1v) is 6.83. The molecule has 0 aliphatic carbocycles. The van der Waals surface area contributed by atoms with E-state index in [0.29, 0.717) is 22.0 Å². The quantitative estimate of drug-likeness (QED) is 0.856. The van der Waals surface area contributed by atoms with Gasteiger partial charge in [0, 0.05) is 17.7 Å². The van der Waals surface area contributed by atoms with Crippen molar-refractivity contribution in [3.63, 3.8) is 0 Å². The van der Waals surface area contributed by atoms with Gasteiger partial charge in [0.2, 0.25) is 0 Å². The largest absolute Gasteiger partial charge is 0.313 e. The van der Waals surface area contributed by atoms with Crippen LogP contribution in [0.5, 0.6) is 0 Å². The van der Waals surface area contributed by atoms with Crippen molar-refractivity contribution in [3.8, 4) is 0 Å². The maximum atomic E-state index is 13.8. The van der Waals surface area contributed by atoms with Gasteiger partial charge in [-0.2, -0.15) is 0 Å². The van der Waals surface area contributed by atoms with E-state index in [2.05, 4.69) is 5.32 Å². The van der Waals surface area contributed by atoms with Gasteiger partial charge in [0.25, 0.3) is 0 Å².